The van der Waals surface area contributed by atoms with Gasteiger partial charge in [-0.05, 0) is 36.4 Å². The van der Waals surface area contributed by atoms with E-state index in [4.69, 9.17) is 11.6 Å². The summed E-state index contributed by atoms with van der Waals surface area (Å²) in [7, 11) is 0. The van der Waals surface area contributed by atoms with Crippen LogP contribution < -0.4 is 5.43 Å². The zero-order chi connectivity index (χ0) is 13.0. The maximum absolute atomic E-state index is 13.4. The number of hydrazone groups is 1. The van der Waals surface area contributed by atoms with Crippen molar-refractivity contribution in [2.75, 3.05) is 5.43 Å². The lowest BCUT2D eigenvalue weighted by Crippen LogP contribution is -1.93. The molecule has 0 aliphatic heterocycles. The standard InChI is InChI=1S/C13H9BrClFN2/c14-9-4-6-10(7-5-9)18-17-8-11-12(15)2-1-3-13(11)16/h1-8,18H. The molecule has 0 spiro atoms. The predicted octanol–water partition coefficient (Wildman–Crippen LogP) is 4.69. The van der Waals surface area contributed by atoms with Crippen LogP contribution in [-0.4, -0.2) is 6.21 Å². The molecule has 18 heavy (non-hydrogen) atoms. The second kappa shape index (κ2) is 5.98. The highest BCUT2D eigenvalue weighted by Gasteiger charge is 2.03. The summed E-state index contributed by atoms with van der Waals surface area (Å²) in [6.07, 6.45) is 1.36. The van der Waals surface area contributed by atoms with Crippen LogP contribution in [0.5, 0.6) is 0 Å². The first-order valence-corrected chi connectivity index (χ1v) is 6.32. The van der Waals surface area contributed by atoms with Crippen molar-refractivity contribution in [2.45, 2.75) is 0 Å². The summed E-state index contributed by atoms with van der Waals surface area (Å²) in [6.45, 7) is 0. The Morgan fingerprint density at radius 3 is 2.56 bits per heavy atom. The Kier molecular flexibility index (Phi) is 4.33. The molecule has 2 rings (SSSR count). The van der Waals surface area contributed by atoms with E-state index < -0.39 is 5.82 Å². The van der Waals surface area contributed by atoms with Gasteiger partial charge in [0.15, 0.2) is 0 Å². The maximum atomic E-state index is 13.4. The van der Waals surface area contributed by atoms with Crippen LogP contribution in [0.1, 0.15) is 5.56 Å². The van der Waals surface area contributed by atoms with E-state index in [2.05, 4.69) is 26.5 Å². The Hall–Kier alpha value is -1.39. The van der Waals surface area contributed by atoms with Crippen molar-refractivity contribution in [3.05, 3.63) is 63.3 Å². The first-order valence-electron chi connectivity index (χ1n) is 5.15. The van der Waals surface area contributed by atoms with Gasteiger partial charge in [-0.25, -0.2) is 4.39 Å². The first kappa shape index (κ1) is 13.1. The van der Waals surface area contributed by atoms with E-state index in [-0.39, 0.29) is 5.56 Å². The van der Waals surface area contributed by atoms with E-state index >= 15 is 0 Å². The van der Waals surface area contributed by atoms with E-state index in [0.29, 0.717) is 5.02 Å². The zero-order valence-corrected chi connectivity index (χ0v) is 11.5. The summed E-state index contributed by atoms with van der Waals surface area (Å²) in [5.74, 6) is -0.399. The Morgan fingerprint density at radius 2 is 1.89 bits per heavy atom. The number of hydrogen-bond donors (Lipinski definition) is 1. The molecule has 0 aliphatic carbocycles. The minimum Gasteiger partial charge on any atom is -0.279 e. The van der Waals surface area contributed by atoms with Gasteiger partial charge in [-0.1, -0.05) is 33.6 Å². The van der Waals surface area contributed by atoms with E-state index in [1.807, 2.05) is 24.3 Å². The SMILES string of the molecule is Fc1cccc(Cl)c1C=NNc1ccc(Br)cc1. The lowest BCUT2D eigenvalue weighted by Gasteiger charge is -2.01. The third kappa shape index (κ3) is 3.31. The molecule has 0 saturated carbocycles. The number of anilines is 1. The Balaban J connectivity index is 2.10. The molecule has 92 valence electrons. The van der Waals surface area contributed by atoms with Gasteiger partial charge in [0.2, 0.25) is 0 Å². The zero-order valence-electron chi connectivity index (χ0n) is 9.20. The van der Waals surface area contributed by atoms with Gasteiger partial charge in [-0.2, -0.15) is 5.10 Å². The maximum Gasteiger partial charge on any atom is 0.133 e. The van der Waals surface area contributed by atoms with Crippen LogP contribution in [0.25, 0.3) is 0 Å². The summed E-state index contributed by atoms with van der Waals surface area (Å²) in [6, 6.07) is 12.0. The molecule has 2 aromatic rings. The van der Waals surface area contributed by atoms with Gasteiger partial charge >= 0.3 is 0 Å². The largest absolute Gasteiger partial charge is 0.279 e. The molecule has 0 fully saturated rings. The second-order valence-corrected chi connectivity index (χ2v) is 4.84. The van der Waals surface area contributed by atoms with Gasteiger partial charge in [0.1, 0.15) is 5.82 Å². The fraction of sp³-hybridized carbons (Fsp3) is 0. The van der Waals surface area contributed by atoms with Crippen molar-refractivity contribution in [2.24, 2.45) is 5.10 Å². The van der Waals surface area contributed by atoms with Crippen molar-refractivity contribution in [3.63, 3.8) is 0 Å². The van der Waals surface area contributed by atoms with Crippen LogP contribution in [0, 0.1) is 5.82 Å². The molecule has 0 radical (unpaired) electrons. The Bertz CT molecular complexity index is 549. The molecule has 5 heteroatoms. The average molecular weight is 328 g/mol. The normalized spacial score (nSPS) is 10.8. The van der Waals surface area contributed by atoms with Gasteiger partial charge in [0, 0.05) is 10.0 Å². The minimum atomic E-state index is -0.399. The molecular formula is C13H9BrClFN2. The van der Waals surface area contributed by atoms with E-state index in [9.17, 15) is 4.39 Å². The molecule has 0 heterocycles. The van der Waals surface area contributed by atoms with Crippen molar-refractivity contribution in [3.8, 4) is 0 Å². The van der Waals surface area contributed by atoms with E-state index in [1.165, 1.54) is 12.3 Å². The minimum absolute atomic E-state index is 0.267. The number of halogens is 3. The summed E-state index contributed by atoms with van der Waals surface area (Å²) in [4.78, 5) is 0. The molecule has 0 bridgehead atoms. The number of nitrogens with zero attached hydrogens (tertiary/aromatic N) is 1. The van der Waals surface area contributed by atoms with Gasteiger partial charge in [-0.3, -0.25) is 5.43 Å². The van der Waals surface area contributed by atoms with Gasteiger partial charge in [0.25, 0.3) is 0 Å². The highest BCUT2D eigenvalue weighted by molar-refractivity contribution is 9.10. The van der Waals surface area contributed by atoms with Crippen molar-refractivity contribution >= 4 is 39.4 Å². The molecule has 0 aliphatic rings. The molecule has 0 amide bonds. The molecular weight excluding hydrogens is 319 g/mol. The predicted molar refractivity (Wildman–Crippen MR) is 76.8 cm³/mol. The monoisotopic (exact) mass is 326 g/mol. The molecule has 1 N–H and O–H groups in total. The quantitative estimate of drug-likeness (QED) is 0.642. The smallest absolute Gasteiger partial charge is 0.133 e. The van der Waals surface area contributed by atoms with Gasteiger partial charge in [-0.15, -0.1) is 0 Å². The number of rotatable bonds is 3. The second-order valence-electron chi connectivity index (χ2n) is 3.51. The van der Waals surface area contributed by atoms with E-state index in [0.717, 1.165) is 10.2 Å². The lowest BCUT2D eigenvalue weighted by molar-refractivity contribution is 0.626. The Morgan fingerprint density at radius 1 is 1.17 bits per heavy atom. The van der Waals surface area contributed by atoms with Crippen LogP contribution >= 0.6 is 27.5 Å². The molecule has 0 atom stereocenters. The number of hydrogen-bond acceptors (Lipinski definition) is 2. The topological polar surface area (TPSA) is 24.4 Å². The first-order chi connectivity index (χ1) is 8.66. The molecule has 2 aromatic carbocycles. The summed E-state index contributed by atoms with van der Waals surface area (Å²) in [5.41, 5.74) is 3.87. The van der Waals surface area contributed by atoms with E-state index in [1.54, 1.807) is 12.1 Å². The molecule has 0 unspecified atom stereocenters. The molecule has 0 saturated heterocycles. The lowest BCUT2D eigenvalue weighted by atomic mass is 10.2. The van der Waals surface area contributed by atoms with Crippen LogP contribution in [-0.2, 0) is 0 Å². The summed E-state index contributed by atoms with van der Waals surface area (Å²) < 4.78 is 14.4. The van der Waals surface area contributed by atoms with Crippen LogP contribution in [0.2, 0.25) is 5.02 Å². The van der Waals surface area contributed by atoms with Crippen molar-refractivity contribution in [1.29, 1.82) is 0 Å². The van der Waals surface area contributed by atoms with Gasteiger partial charge < -0.3 is 0 Å². The third-order valence-electron chi connectivity index (χ3n) is 2.23. The highest BCUT2D eigenvalue weighted by Crippen LogP contribution is 2.17. The van der Waals surface area contributed by atoms with Gasteiger partial charge in [0.05, 0.1) is 16.9 Å². The van der Waals surface area contributed by atoms with Crippen LogP contribution in [0.4, 0.5) is 10.1 Å². The Labute approximate surface area is 118 Å². The summed E-state index contributed by atoms with van der Waals surface area (Å²) >= 11 is 9.20. The number of benzene rings is 2. The van der Waals surface area contributed by atoms with Crippen molar-refractivity contribution in [1.82, 2.24) is 0 Å². The highest BCUT2D eigenvalue weighted by atomic mass is 79.9. The molecule has 2 nitrogen and oxygen atoms in total. The fourth-order valence-corrected chi connectivity index (χ4v) is 1.81. The summed E-state index contributed by atoms with van der Waals surface area (Å²) in [5, 5.41) is 4.28. The average Bonchev–Trinajstić information content (AvgIpc) is 2.35. The van der Waals surface area contributed by atoms with Crippen molar-refractivity contribution < 1.29 is 4.39 Å². The molecule has 0 aromatic heterocycles. The fourth-order valence-electron chi connectivity index (χ4n) is 1.33. The van der Waals surface area contributed by atoms with Crippen LogP contribution in [0.15, 0.2) is 52.0 Å². The third-order valence-corrected chi connectivity index (χ3v) is 3.09. The van der Waals surface area contributed by atoms with Crippen LogP contribution in [0.3, 0.4) is 0 Å². The number of nitrogens with one attached hydrogen (secondary N) is 1.